The Hall–Kier alpha value is 0.1000. The molecule has 0 saturated heterocycles. The summed E-state index contributed by atoms with van der Waals surface area (Å²) in [5.41, 5.74) is 6.21. The van der Waals surface area contributed by atoms with E-state index < -0.39 is 0 Å². The highest BCUT2D eigenvalue weighted by atomic mass is 79.9. The number of thiophene rings is 1. The highest BCUT2D eigenvalue weighted by Crippen LogP contribution is 2.23. The smallest absolute Gasteiger partial charge is 0.0285 e. The molecule has 0 aliphatic heterocycles. The molecule has 1 fully saturated rings. The van der Waals surface area contributed by atoms with Crippen LogP contribution in [0.5, 0.6) is 0 Å². The van der Waals surface area contributed by atoms with Crippen molar-refractivity contribution in [2.45, 2.75) is 44.2 Å². The number of likely N-dealkylation sites (N-methyl/N-ethyl adjacent to an activating group) is 1. The van der Waals surface area contributed by atoms with Gasteiger partial charge in [0.1, 0.15) is 0 Å². The van der Waals surface area contributed by atoms with Crippen molar-refractivity contribution in [1.82, 2.24) is 4.90 Å². The van der Waals surface area contributed by atoms with Crippen molar-refractivity contribution >= 4 is 27.3 Å². The SMILES string of the molecule is CN(CCc1cc(Br)cs1)C1CCCCC1N. The molecule has 0 spiro atoms. The standard InChI is InChI=1S/C13H21BrN2S/c1-16(13-5-3-2-4-12(13)15)7-6-11-8-10(14)9-17-11/h8-9,12-13H,2-7,15H2,1H3. The molecular formula is C13H21BrN2S. The van der Waals surface area contributed by atoms with Crippen molar-refractivity contribution in [1.29, 1.82) is 0 Å². The topological polar surface area (TPSA) is 29.3 Å². The zero-order valence-electron chi connectivity index (χ0n) is 10.4. The Labute approximate surface area is 116 Å². The van der Waals surface area contributed by atoms with Gasteiger partial charge in [0.2, 0.25) is 0 Å². The molecule has 1 aromatic heterocycles. The summed E-state index contributed by atoms with van der Waals surface area (Å²) < 4.78 is 1.20. The van der Waals surface area contributed by atoms with E-state index in [2.05, 4.69) is 39.3 Å². The van der Waals surface area contributed by atoms with E-state index in [1.807, 2.05) is 11.3 Å². The molecule has 1 aromatic rings. The second-order valence-corrected chi connectivity index (χ2v) is 6.89. The molecule has 4 heteroatoms. The van der Waals surface area contributed by atoms with E-state index in [-0.39, 0.29) is 0 Å². The van der Waals surface area contributed by atoms with Gasteiger partial charge in [0.25, 0.3) is 0 Å². The summed E-state index contributed by atoms with van der Waals surface area (Å²) >= 11 is 5.34. The van der Waals surface area contributed by atoms with Crippen molar-refractivity contribution in [3.8, 4) is 0 Å². The van der Waals surface area contributed by atoms with Crippen molar-refractivity contribution < 1.29 is 0 Å². The first kappa shape index (κ1) is 13.5. The zero-order valence-corrected chi connectivity index (χ0v) is 12.8. The lowest BCUT2D eigenvalue weighted by atomic mass is 9.90. The molecule has 1 aliphatic carbocycles. The second kappa shape index (κ2) is 6.32. The van der Waals surface area contributed by atoms with Crippen LogP contribution in [0.25, 0.3) is 0 Å². The summed E-state index contributed by atoms with van der Waals surface area (Å²) in [4.78, 5) is 3.91. The van der Waals surface area contributed by atoms with Crippen LogP contribution in [0.15, 0.2) is 15.9 Å². The van der Waals surface area contributed by atoms with Gasteiger partial charge in [0.15, 0.2) is 0 Å². The minimum absolute atomic E-state index is 0.379. The molecule has 2 atom stereocenters. The largest absolute Gasteiger partial charge is 0.326 e. The summed E-state index contributed by atoms with van der Waals surface area (Å²) in [6.45, 7) is 1.12. The maximum Gasteiger partial charge on any atom is 0.0285 e. The molecule has 1 heterocycles. The third kappa shape index (κ3) is 3.78. The fourth-order valence-electron chi connectivity index (χ4n) is 2.62. The van der Waals surface area contributed by atoms with Gasteiger partial charge in [-0.2, -0.15) is 0 Å². The number of nitrogens with zero attached hydrogens (tertiary/aromatic N) is 1. The van der Waals surface area contributed by atoms with Gasteiger partial charge in [-0.15, -0.1) is 11.3 Å². The second-order valence-electron chi connectivity index (χ2n) is 4.98. The average Bonchev–Trinajstić information content (AvgIpc) is 2.73. The Bertz CT molecular complexity index is 353. The number of hydrogen-bond acceptors (Lipinski definition) is 3. The van der Waals surface area contributed by atoms with Gasteiger partial charge < -0.3 is 10.6 Å². The lowest BCUT2D eigenvalue weighted by Crippen LogP contribution is -2.48. The highest BCUT2D eigenvalue weighted by Gasteiger charge is 2.24. The maximum atomic E-state index is 6.21. The molecule has 0 radical (unpaired) electrons. The molecular weight excluding hydrogens is 296 g/mol. The lowest BCUT2D eigenvalue weighted by molar-refractivity contribution is 0.171. The molecule has 17 heavy (non-hydrogen) atoms. The highest BCUT2D eigenvalue weighted by molar-refractivity contribution is 9.10. The van der Waals surface area contributed by atoms with Gasteiger partial charge >= 0.3 is 0 Å². The Morgan fingerprint density at radius 3 is 2.88 bits per heavy atom. The quantitative estimate of drug-likeness (QED) is 0.923. The molecule has 2 nitrogen and oxygen atoms in total. The van der Waals surface area contributed by atoms with Gasteiger partial charge in [0, 0.05) is 33.4 Å². The number of hydrogen-bond donors (Lipinski definition) is 1. The first-order chi connectivity index (χ1) is 8.16. The van der Waals surface area contributed by atoms with Gasteiger partial charge in [0.05, 0.1) is 0 Å². The van der Waals surface area contributed by atoms with Gasteiger partial charge in [-0.05, 0) is 48.3 Å². The van der Waals surface area contributed by atoms with Crippen molar-refractivity contribution in [2.75, 3.05) is 13.6 Å². The van der Waals surface area contributed by atoms with Crippen LogP contribution in [0, 0.1) is 0 Å². The fraction of sp³-hybridized carbons (Fsp3) is 0.692. The van der Waals surface area contributed by atoms with E-state index in [9.17, 15) is 0 Å². The van der Waals surface area contributed by atoms with Gasteiger partial charge in [-0.25, -0.2) is 0 Å². The van der Waals surface area contributed by atoms with E-state index in [0.717, 1.165) is 13.0 Å². The minimum atomic E-state index is 0.379. The average molecular weight is 317 g/mol. The molecule has 2 rings (SSSR count). The predicted octanol–water partition coefficient (Wildman–Crippen LogP) is 3.25. The van der Waals surface area contributed by atoms with Crippen LogP contribution in [-0.4, -0.2) is 30.6 Å². The zero-order chi connectivity index (χ0) is 12.3. The van der Waals surface area contributed by atoms with Crippen LogP contribution >= 0.6 is 27.3 Å². The normalized spacial score (nSPS) is 25.4. The molecule has 0 amide bonds. The summed E-state index contributed by atoms with van der Waals surface area (Å²) in [7, 11) is 2.22. The van der Waals surface area contributed by atoms with Crippen molar-refractivity contribution in [3.05, 3.63) is 20.8 Å². The van der Waals surface area contributed by atoms with E-state index >= 15 is 0 Å². The van der Waals surface area contributed by atoms with Crippen LogP contribution in [0.3, 0.4) is 0 Å². The Kier molecular flexibility index (Phi) is 5.03. The first-order valence-corrected chi connectivity index (χ1v) is 8.03. The van der Waals surface area contributed by atoms with Crippen molar-refractivity contribution in [2.24, 2.45) is 5.73 Å². The lowest BCUT2D eigenvalue weighted by Gasteiger charge is -2.36. The number of halogens is 1. The van der Waals surface area contributed by atoms with Crippen LogP contribution in [-0.2, 0) is 6.42 Å². The fourth-order valence-corrected chi connectivity index (χ4v) is 4.07. The van der Waals surface area contributed by atoms with E-state index in [1.165, 1.54) is 35.0 Å². The van der Waals surface area contributed by atoms with Crippen molar-refractivity contribution in [3.63, 3.8) is 0 Å². The maximum absolute atomic E-state index is 6.21. The Morgan fingerprint density at radius 2 is 2.24 bits per heavy atom. The molecule has 2 N–H and O–H groups in total. The van der Waals surface area contributed by atoms with Crippen LogP contribution in [0.2, 0.25) is 0 Å². The van der Waals surface area contributed by atoms with Crippen LogP contribution < -0.4 is 5.73 Å². The van der Waals surface area contributed by atoms with Crippen LogP contribution in [0.1, 0.15) is 30.6 Å². The van der Waals surface area contributed by atoms with Gasteiger partial charge in [-0.1, -0.05) is 12.8 Å². The molecule has 2 unspecified atom stereocenters. The monoisotopic (exact) mass is 316 g/mol. The summed E-state index contributed by atoms with van der Waals surface area (Å²) in [6, 6.07) is 3.19. The summed E-state index contributed by atoms with van der Waals surface area (Å²) in [5.74, 6) is 0. The van der Waals surface area contributed by atoms with E-state index in [0.29, 0.717) is 12.1 Å². The minimum Gasteiger partial charge on any atom is -0.326 e. The van der Waals surface area contributed by atoms with E-state index in [4.69, 9.17) is 5.73 Å². The number of nitrogens with two attached hydrogens (primary N) is 1. The molecule has 0 bridgehead atoms. The number of rotatable bonds is 4. The Balaban J connectivity index is 1.82. The molecule has 1 aliphatic rings. The predicted molar refractivity (Wildman–Crippen MR) is 78.6 cm³/mol. The third-order valence-electron chi connectivity index (χ3n) is 3.68. The molecule has 1 saturated carbocycles. The first-order valence-electron chi connectivity index (χ1n) is 6.35. The summed E-state index contributed by atoms with van der Waals surface area (Å²) in [5, 5.41) is 2.15. The third-order valence-corrected chi connectivity index (χ3v) is 5.44. The summed E-state index contributed by atoms with van der Waals surface area (Å²) in [6.07, 6.45) is 6.25. The van der Waals surface area contributed by atoms with Crippen LogP contribution in [0.4, 0.5) is 0 Å². The van der Waals surface area contributed by atoms with E-state index in [1.54, 1.807) is 0 Å². The molecule has 0 aromatic carbocycles. The Morgan fingerprint density at radius 1 is 1.47 bits per heavy atom. The molecule has 96 valence electrons. The van der Waals surface area contributed by atoms with Gasteiger partial charge in [-0.3, -0.25) is 0 Å².